The van der Waals surface area contributed by atoms with Crippen LogP contribution in [-0.4, -0.2) is 25.5 Å². The van der Waals surface area contributed by atoms with Gasteiger partial charge in [0.25, 0.3) is 0 Å². The van der Waals surface area contributed by atoms with Crippen molar-refractivity contribution in [2.24, 2.45) is 5.73 Å². The summed E-state index contributed by atoms with van der Waals surface area (Å²) in [5, 5.41) is 0.376. The Morgan fingerprint density at radius 1 is 1.47 bits per heavy atom. The van der Waals surface area contributed by atoms with E-state index < -0.39 is 0 Å². The molecule has 0 amide bonds. The molecule has 4 nitrogen and oxygen atoms in total. The number of benzene rings is 1. The molecule has 92 valence electrons. The lowest BCUT2D eigenvalue weighted by Crippen LogP contribution is -2.20. The highest BCUT2D eigenvalue weighted by Crippen LogP contribution is 2.40. The molecule has 5 heteroatoms. The van der Waals surface area contributed by atoms with Crippen LogP contribution in [0.3, 0.4) is 0 Å². The van der Waals surface area contributed by atoms with Crippen LogP contribution in [0.4, 0.5) is 0 Å². The number of nitrogens with two attached hydrogens (primary N) is 1. The lowest BCUT2D eigenvalue weighted by atomic mass is 9.99. The summed E-state index contributed by atoms with van der Waals surface area (Å²) in [6, 6.07) is 1.62. The second-order valence-electron chi connectivity index (χ2n) is 3.72. The molecule has 1 aromatic rings. The molecule has 0 bridgehead atoms. The molecule has 0 radical (unpaired) electrons. The predicted octanol–water partition coefficient (Wildman–Crippen LogP) is 1.82. The normalized spacial score (nSPS) is 13.6. The van der Waals surface area contributed by atoms with Gasteiger partial charge in [-0.3, -0.25) is 4.79 Å². The zero-order valence-electron chi connectivity index (χ0n) is 9.59. The standard InChI is InChI=1S/C12H14ClNO3/c1-2-7-11(9(15)6-14)8(13)5-10-12(7)17-4-3-16-10/h5H,2-4,6,14H2,1H3. The highest BCUT2D eigenvalue weighted by atomic mass is 35.5. The van der Waals surface area contributed by atoms with Crippen LogP contribution in [-0.2, 0) is 6.42 Å². The van der Waals surface area contributed by atoms with Crippen molar-refractivity contribution in [3.05, 3.63) is 22.2 Å². The van der Waals surface area contributed by atoms with Crippen LogP contribution in [0.15, 0.2) is 6.07 Å². The van der Waals surface area contributed by atoms with E-state index in [2.05, 4.69) is 0 Å². The Kier molecular flexibility index (Phi) is 3.54. The summed E-state index contributed by atoms with van der Waals surface area (Å²) in [7, 11) is 0. The fourth-order valence-corrected chi connectivity index (χ4v) is 2.28. The molecule has 0 aromatic heterocycles. The largest absolute Gasteiger partial charge is 0.486 e. The van der Waals surface area contributed by atoms with Crippen molar-refractivity contribution < 1.29 is 14.3 Å². The van der Waals surface area contributed by atoms with E-state index in [1.165, 1.54) is 0 Å². The minimum atomic E-state index is -0.177. The number of halogens is 1. The van der Waals surface area contributed by atoms with Gasteiger partial charge in [0, 0.05) is 17.2 Å². The molecule has 0 saturated heterocycles. The first-order valence-corrected chi connectivity index (χ1v) is 5.91. The van der Waals surface area contributed by atoms with Crippen LogP contribution in [0, 0.1) is 0 Å². The van der Waals surface area contributed by atoms with Gasteiger partial charge in [-0.05, 0) is 6.42 Å². The third-order valence-corrected chi connectivity index (χ3v) is 3.00. The summed E-state index contributed by atoms with van der Waals surface area (Å²) in [5.74, 6) is 1.05. The fourth-order valence-electron chi connectivity index (χ4n) is 1.96. The van der Waals surface area contributed by atoms with Crippen molar-refractivity contribution in [3.8, 4) is 11.5 Å². The van der Waals surface area contributed by atoms with Crippen LogP contribution in [0.1, 0.15) is 22.8 Å². The molecule has 17 heavy (non-hydrogen) atoms. The molecule has 0 fully saturated rings. The Balaban J connectivity index is 2.62. The molecule has 2 rings (SSSR count). The number of ketones is 1. The van der Waals surface area contributed by atoms with E-state index in [0.717, 1.165) is 5.56 Å². The maximum Gasteiger partial charge on any atom is 0.178 e. The van der Waals surface area contributed by atoms with Gasteiger partial charge in [0.05, 0.1) is 11.6 Å². The van der Waals surface area contributed by atoms with Crippen molar-refractivity contribution >= 4 is 17.4 Å². The van der Waals surface area contributed by atoms with E-state index in [-0.39, 0.29) is 12.3 Å². The molecule has 0 saturated carbocycles. The third-order valence-electron chi connectivity index (χ3n) is 2.70. The Morgan fingerprint density at radius 3 is 2.82 bits per heavy atom. The Morgan fingerprint density at radius 2 is 2.18 bits per heavy atom. The van der Waals surface area contributed by atoms with Gasteiger partial charge in [0.2, 0.25) is 0 Å². The summed E-state index contributed by atoms with van der Waals surface area (Å²) in [5.41, 5.74) is 6.63. The molecule has 1 aliphatic heterocycles. The van der Waals surface area contributed by atoms with Crippen LogP contribution < -0.4 is 15.2 Å². The molecule has 0 atom stereocenters. The first-order chi connectivity index (χ1) is 8.19. The van der Waals surface area contributed by atoms with Crippen molar-refractivity contribution in [2.75, 3.05) is 19.8 Å². The lowest BCUT2D eigenvalue weighted by Gasteiger charge is -2.23. The summed E-state index contributed by atoms with van der Waals surface area (Å²) in [4.78, 5) is 11.8. The predicted molar refractivity (Wildman–Crippen MR) is 65.2 cm³/mol. The number of carbonyl (C=O) groups excluding carboxylic acids is 1. The highest BCUT2D eigenvalue weighted by molar-refractivity contribution is 6.34. The molecule has 2 N–H and O–H groups in total. The van der Waals surface area contributed by atoms with E-state index in [1.807, 2.05) is 6.92 Å². The van der Waals surface area contributed by atoms with Gasteiger partial charge in [-0.15, -0.1) is 0 Å². The molecule has 1 aliphatic rings. The van der Waals surface area contributed by atoms with Gasteiger partial charge in [-0.2, -0.15) is 0 Å². The van der Waals surface area contributed by atoms with Crippen LogP contribution >= 0.6 is 11.6 Å². The summed E-state index contributed by atoms with van der Waals surface area (Å²) in [6.45, 7) is 2.86. The molecule has 1 aromatic carbocycles. The second-order valence-corrected chi connectivity index (χ2v) is 4.12. The Bertz CT molecular complexity index is 460. The number of rotatable bonds is 3. The van der Waals surface area contributed by atoms with Crippen LogP contribution in [0.25, 0.3) is 0 Å². The average molecular weight is 256 g/mol. The SMILES string of the molecule is CCc1c2c(cc(Cl)c1C(=O)CN)OCCO2. The number of ether oxygens (including phenoxy) is 2. The molecular formula is C12H14ClNO3. The second kappa shape index (κ2) is 4.94. The summed E-state index contributed by atoms with van der Waals surface area (Å²) < 4.78 is 11.0. The zero-order chi connectivity index (χ0) is 12.4. The van der Waals surface area contributed by atoms with Gasteiger partial charge in [0.1, 0.15) is 13.2 Å². The molecular weight excluding hydrogens is 242 g/mol. The van der Waals surface area contributed by atoms with Crippen LogP contribution in [0.2, 0.25) is 5.02 Å². The van der Waals surface area contributed by atoms with E-state index in [1.54, 1.807) is 6.07 Å². The minimum Gasteiger partial charge on any atom is -0.486 e. The number of Topliss-reactive ketones (excluding diaryl/α,β-unsaturated/α-hetero) is 1. The average Bonchev–Trinajstić information content (AvgIpc) is 2.36. The Hall–Kier alpha value is -1.26. The molecule has 1 heterocycles. The maximum atomic E-state index is 11.8. The number of carbonyl (C=O) groups is 1. The monoisotopic (exact) mass is 255 g/mol. The quantitative estimate of drug-likeness (QED) is 0.837. The zero-order valence-corrected chi connectivity index (χ0v) is 10.3. The third kappa shape index (κ3) is 2.10. The topological polar surface area (TPSA) is 61.6 Å². The van der Waals surface area contributed by atoms with Gasteiger partial charge in [-0.1, -0.05) is 18.5 Å². The van der Waals surface area contributed by atoms with E-state index >= 15 is 0 Å². The van der Waals surface area contributed by atoms with Gasteiger partial charge in [-0.25, -0.2) is 0 Å². The van der Waals surface area contributed by atoms with E-state index in [0.29, 0.717) is 41.7 Å². The summed E-state index contributed by atoms with van der Waals surface area (Å²) >= 11 is 6.11. The number of hydrogen-bond acceptors (Lipinski definition) is 4. The first-order valence-electron chi connectivity index (χ1n) is 5.53. The molecule has 0 aliphatic carbocycles. The highest BCUT2D eigenvalue weighted by Gasteiger charge is 2.24. The fraction of sp³-hybridized carbons (Fsp3) is 0.417. The van der Waals surface area contributed by atoms with Gasteiger partial charge in [0.15, 0.2) is 17.3 Å². The number of fused-ring (bicyclic) bond motifs is 1. The molecule has 0 spiro atoms. The van der Waals surface area contributed by atoms with Crippen molar-refractivity contribution in [2.45, 2.75) is 13.3 Å². The van der Waals surface area contributed by atoms with Gasteiger partial charge >= 0.3 is 0 Å². The van der Waals surface area contributed by atoms with E-state index in [4.69, 9.17) is 26.8 Å². The van der Waals surface area contributed by atoms with Gasteiger partial charge < -0.3 is 15.2 Å². The maximum absolute atomic E-state index is 11.8. The number of hydrogen-bond donors (Lipinski definition) is 1. The van der Waals surface area contributed by atoms with Crippen LogP contribution in [0.5, 0.6) is 11.5 Å². The smallest absolute Gasteiger partial charge is 0.178 e. The molecule has 0 unspecified atom stereocenters. The van der Waals surface area contributed by atoms with Crippen molar-refractivity contribution in [1.82, 2.24) is 0 Å². The van der Waals surface area contributed by atoms with Crippen molar-refractivity contribution in [3.63, 3.8) is 0 Å². The Labute approximate surface area is 105 Å². The summed E-state index contributed by atoms with van der Waals surface area (Å²) in [6.07, 6.45) is 0.646. The lowest BCUT2D eigenvalue weighted by molar-refractivity contribution is 0.0999. The first kappa shape index (κ1) is 12.2. The van der Waals surface area contributed by atoms with Crippen molar-refractivity contribution in [1.29, 1.82) is 0 Å². The van der Waals surface area contributed by atoms with E-state index in [9.17, 15) is 4.79 Å². The minimum absolute atomic E-state index is 0.0631.